The first kappa shape index (κ1) is 28.1. The Morgan fingerprint density at radius 1 is 1.14 bits per heavy atom. The Morgan fingerprint density at radius 3 is 2.54 bits per heavy atom. The zero-order chi connectivity index (χ0) is 27.2. The van der Waals surface area contributed by atoms with Crippen LogP contribution in [-0.4, -0.2) is 38.6 Å². The Bertz CT molecular complexity index is 1290. The van der Waals surface area contributed by atoms with Crippen LogP contribution in [0.2, 0.25) is 5.02 Å². The lowest BCUT2D eigenvalue weighted by Gasteiger charge is -2.26. The fourth-order valence-corrected chi connectivity index (χ4v) is 3.37. The Morgan fingerprint density at radius 2 is 1.89 bits per heavy atom. The van der Waals surface area contributed by atoms with Gasteiger partial charge in [-0.1, -0.05) is 37.4 Å². The quantitative estimate of drug-likeness (QED) is 0.339. The summed E-state index contributed by atoms with van der Waals surface area (Å²) in [5, 5.41) is 2.53. The maximum atomic E-state index is 13.1. The van der Waals surface area contributed by atoms with Crippen LogP contribution < -0.4 is 15.7 Å². The molecule has 0 unspecified atom stereocenters. The number of benzene rings is 1. The van der Waals surface area contributed by atoms with Gasteiger partial charge in [0.15, 0.2) is 5.82 Å². The van der Waals surface area contributed by atoms with E-state index in [1.807, 2.05) is 0 Å². The maximum absolute atomic E-state index is 13.1. The highest BCUT2D eigenvalue weighted by molar-refractivity contribution is 6.33. The van der Waals surface area contributed by atoms with E-state index < -0.39 is 23.2 Å². The lowest BCUT2D eigenvalue weighted by molar-refractivity contribution is -0.211. The molecule has 0 atom stereocenters. The number of carbonyl (C=O) groups excluding carboxylic acids is 1. The van der Waals surface area contributed by atoms with Gasteiger partial charge in [-0.3, -0.25) is 9.78 Å². The number of halogens is 4. The number of pyridine rings is 1. The number of H-pyrrole nitrogens is 1. The average molecular weight is 538 g/mol. The Hall–Kier alpha value is -3.47. The summed E-state index contributed by atoms with van der Waals surface area (Å²) in [7, 11) is 0. The van der Waals surface area contributed by atoms with Gasteiger partial charge in [0.2, 0.25) is 11.8 Å². The number of amides is 1. The van der Waals surface area contributed by atoms with Crippen LogP contribution in [0.15, 0.2) is 41.3 Å². The Kier molecular flexibility index (Phi) is 8.90. The van der Waals surface area contributed by atoms with E-state index in [1.54, 1.807) is 18.2 Å². The Balaban J connectivity index is 1.81. The number of rotatable bonds is 10. The predicted molar refractivity (Wildman–Crippen MR) is 133 cm³/mol. The van der Waals surface area contributed by atoms with Crippen LogP contribution in [0.1, 0.15) is 45.6 Å². The van der Waals surface area contributed by atoms with Crippen molar-refractivity contribution in [1.82, 2.24) is 25.3 Å². The van der Waals surface area contributed by atoms with Gasteiger partial charge >= 0.3 is 11.9 Å². The number of unbranched alkanes of at least 4 members (excludes halogenated alkanes) is 2. The summed E-state index contributed by atoms with van der Waals surface area (Å²) in [5.74, 6) is -0.523. The third kappa shape index (κ3) is 7.06. The topological polar surface area (TPSA) is 110 Å². The summed E-state index contributed by atoms with van der Waals surface area (Å²) in [6.07, 6.45) is -0.153. The Labute approximate surface area is 216 Å². The zero-order valence-electron chi connectivity index (χ0n) is 20.6. The molecule has 0 radical (unpaired) electrons. The lowest BCUT2D eigenvalue weighted by atomic mass is 9.91. The van der Waals surface area contributed by atoms with E-state index >= 15 is 0 Å². The van der Waals surface area contributed by atoms with Gasteiger partial charge < -0.3 is 10.1 Å². The molecule has 0 saturated heterocycles. The highest BCUT2D eigenvalue weighted by Crippen LogP contribution is 2.37. The summed E-state index contributed by atoms with van der Waals surface area (Å²) in [6.45, 7) is 4.08. The summed E-state index contributed by atoms with van der Waals surface area (Å²) in [6, 6.07) is 7.91. The van der Waals surface area contributed by atoms with Gasteiger partial charge in [-0.2, -0.15) is 18.2 Å². The maximum Gasteiger partial charge on any atom is 0.402 e. The molecule has 0 fully saturated rings. The first-order chi connectivity index (χ1) is 17.4. The predicted octanol–water partition coefficient (Wildman–Crippen LogP) is 5.32. The number of ether oxygens (including phenoxy) is 1. The molecule has 0 aliphatic rings. The molecule has 3 aromatic rings. The fourth-order valence-electron chi connectivity index (χ4n) is 3.16. The summed E-state index contributed by atoms with van der Waals surface area (Å²) in [5.41, 5.74) is -1.99. The smallest absolute Gasteiger partial charge is 0.402 e. The van der Waals surface area contributed by atoms with Gasteiger partial charge in [-0.05, 0) is 44.0 Å². The van der Waals surface area contributed by atoms with Gasteiger partial charge in [0.25, 0.3) is 0 Å². The zero-order valence-corrected chi connectivity index (χ0v) is 21.3. The van der Waals surface area contributed by atoms with Crippen molar-refractivity contribution in [1.29, 1.82) is 0 Å². The van der Waals surface area contributed by atoms with Gasteiger partial charge in [-0.15, -0.1) is 0 Å². The van der Waals surface area contributed by atoms with Gasteiger partial charge in [0.1, 0.15) is 11.2 Å². The molecule has 0 saturated carbocycles. The molecule has 2 heterocycles. The first-order valence-electron chi connectivity index (χ1n) is 11.6. The van der Waals surface area contributed by atoms with E-state index in [2.05, 4.69) is 32.2 Å². The van der Waals surface area contributed by atoms with Crippen LogP contribution in [0.5, 0.6) is 5.88 Å². The second kappa shape index (κ2) is 11.7. The van der Waals surface area contributed by atoms with Gasteiger partial charge in [0, 0.05) is 29.9 Å². The van der Waals surface area contributed by atoms with Crippen molar-refractivity contribution in [3.8, 4) is 28.7 Å². The summed E-state index contributed by atoms with van der Waals surface area (Å²) >= 11 is 6.32. The molecule has 37 heavy (non-hydrogen) atoms. The normalized spacial score (nSPS) is 11.9. The number of nitrogens with one attached hydrogen (secondary N) is 2. The van der Waals surface area contributed by atoms with Crippen LogP contribution >= 0.6 is 11.6 Å². The summed E-state index contributed by atoms with van der Waals surface area (Å²) in [4.78, 5) is 39.4. The fraction of sp³-hybridized carbons (Fsp3) is 0.400. The van der Waals surface area contributed by atoms with E-state index in [1.165, 1.54) is 18.3 Å². The van der Waals surface area contributed by atoms with Crippen molar-refractivity contribution >= 4 is 17.5 Å². The third-order valence-electron chi connectivity index (χ3n) is 5.66. The van der Waals surface area contributed by atoms with Crippen molar-refractivity contribution in [2.75, 3.05) is 6.61 Å². The van der Waals surface area contributed by atoms with Crippen molar-refractivity contribution < 1.29 is 22.7 Å². The molecule has 1 amide bonds. The van der Waals surface area contributed by atoms with Crippen LogP contribution in [0.4, 0.5) is 13.2 Å². The largest absolute Gasteiger partial charge is 0.478 e. The van der Waals surface area contributed by atoms with E-state index in [4.69, 9.17) is 16.3 Å². The second-order valence-corrected chi connectivity index (χ2v) is 9.29. The van der Waals surface area contributed by atoms with E-state index in [0.717, 1.165) is 33.1 Å². The number of aromatic nitrogens is 4. The number of aromatic amines is 1. The van der Waals surface area contributed by atoms with Crippen LogP contribution in [0.3, 0.4) is 0 Å². The molecule has 1 aromatic carbocycles. The molecule has 0 aliphatic carbocycles. The minimum Gasteiger partial charge on any atom is -0.478 e. The molecule has 2 N–H and O–H groups in total. The van der Waals surface area contributed by atoms with Crippen molar-refractivity contribution in [2.45, 2.75) is 52.8 Å². The standard InChI is InChI=1S/C25H27ClF3N5O3/c1-4-5-6-11-37-19-10-8-16(14-30-19)20-32-21(34-23(36)33-20)17-12-15(7-9-18(17)26)13-31-22(35)24(2,3)25(27,28)29/h7-10,12,14H,4-6,11,13H2,1-3H3,(H,31,35)(H,32,33,34,36). The molecule has 12 heteroatoms. The molecular weight excluding hydrogens is 511 g/mol. The molecule has 2 aromatic heterocycles. The molecule has 0 aliphatic heterocycles. The number of alkyl halides is 3. The number of hydrogen-bond donors (Lipinski definition) is 2. The van der Waals surface area contributed by atoms with E-state index in [9.17, 15) is 22.8 Å². The highest BCUT2D eigenvalue weighted by atomic mass is 35.5. The van der Waals surface area contributed by atoms with E-state index in [0.29, 0.717) is 29.2 Å². The summed E-state index contributed by atoms with van der Waals surface area (Å²) < 4.78 is 45.0. The van der Waals surface area contributed by atoms with Gasteiger partial charge in [0.05, 0.1) is 11.6 Å². The first-order valence-corrected chi connectivity index (χ1v) is 12.0. The average Bonchev–Trinajstić information content (AvgIpc) is 2.85. The third-order valence-corrected chi connectivity index (χ3v) is 5.99. The van der Waals surface area contributed by atoms with Crippen LogP contribution in [0, 0.1) is 5.41 Å². The van der Waals surface area contributed by atoms with Gasteiger partial charge in [-0.25, -0.2) is 14.8 Å². The van der Waals surface area contributed by atoms with Crippen molar-refractivity contribution in [3.05, 3.63) is 57.6 Å². The number of hydrogen-bond acceptors (Lipinski definition) is 6. The number of carbonyl (C=O) groups is 1. The SMILES string of the molecule is CCCCCOc1ccc(-c2nc(-c3cc(CNC(=O)C(C)(C)C(F)(F)F)ccc3Cl)[nH]c(=O)n2)cn1. The minimum absolute atomic E-state index is 0.101. The van der Waals surface area contributed by atoms with Crippen molar-refractivity contribution in [2.24, 2.45) is 5.41 Å². The molecule has 198 valence electrons. The van der Waals surface area contributed by atoms with Crippen molar-refractivity contribution in [3.63, 3.8) is 0 Å². The highest BCUT2D eigenvalue weighted by Gasteiger charge is 2.52. The molecule has 0 spiro atoms. The molecule has 0 bridgehead atoms. The van der Waals surface area contributed by atoms with E-state index in [-0.39, 0.29) is 23.2 Å². The minimum atomic E-state index is -4.70. The second-order valence-electron chi connectivity index (χ2n) is 8.89. The van der Waals surface area contributed by atoms with Crippen LogP contribution in [0.25, 0.3) is 22.8 Å². The van der Waals surface area contributed by atoms with Crippen LogP contribution in [-0.2, 0) is 11.3 Å². The lowest BCUT2D eigenvalue weighted by Crippen LogP contribution is -2.46. The monoisotopic (exact) mass is 537 g/mol. The molecular formula is C25H27ClF3N5O3. The number of nitrogens with zero attached hydrogens (tertiary/aromatic N) is 3. The molecule has 3 rings (SSSR count). The molecule has 8 nitrogen and oxygen atoms in total.